The van der Waals surface area contributed by atoms with Crippen molar-refractivity contribution in [2.45, 2.75) is 30.2 Å². The molecule has 0 amide bonds. The molecule has 1 atom stereocenters. The molecule has 1 aliphatic heterocycles. The summed E-state index contributed by atoms with van der Waals surface area (Å²) < 4.78 is 42.3. The monoisotopic (exact) mass is 394 g/mol. The maximum absolute atomic E-state index is 14.9. The van der Waals surface area contributed by atoms with E-state index in [0.29, 0.717) is 31.2 Å². The second-order valence-electron chi connectivity index (χ2n) is 6.90. The molecule has 3 rings (SSSR count). The lowest BCUT2D eigenvalue weighted by molar-refractivity contribution is -0.138. The van der Waals surface area contributed by atoms with Crippen molar-refractivity contribution in [2.24, 2.45) is 0 Å². The number of rotatable bonds is 5. The molecule has 0 radical (unpaired) electrons. The van der Waals surface area contributed by atoms with E-state index in [1.165, 1.54) is 10.4 Å². The minimum atomic E-state index is -3.96. The van der Waals surface area contributed by atoms with Crippen LogP contribution in [0.1, 0.15) is 19.3 Å². The summed E-state index contributed by atoms with van der Waals surface area (Å²) in [4.78, 5) is 12.3. The molecular weight excluding hydrogens is 371 g/mol. The molecule has 0 aromatic heterocycles. The Bertz CT molecular complexity index is 948. The molecule has 0 bridgehead atoms. The van der Waals surface area contributed by atoms with Gasteiger partial charge in [0.25, 0.3) is 0 Å². The predicted molar refractivity (Wildman–Crippen MR) is 101 cm³/mol. The molecule has 0 aliphatic carbocycles. The number of hydrogen-bond acceptors (Lipinski definition) is 4. The Kier molecular flexibility index (Phi) is 5.78. The third kappa shape index (κ3) is 4.12. The van der Waals surface area contributed by atoms with Crippen molar-refractivity contribution in [1.82, 2.24) is 9.21 Å². The van der Waals surface area contributed by atoms with Crippen LogP contribution in [-0.2, 0) is 14.8 Å². The van der Waals surface area contributed by atoms with E-state index in [9.17, 15) is 17.6 Å². The first kappa shape index (κ1) is 19.7. The van der Waals surface area contributed by atoms with Crippen molar-refractivity contribution < 1.29 is 22.7 Å². The van der Waals surface area contributed by atoms with Crippen LogP contribution in [0.15, 0.2) is 41.3 Å². The zero-order valence-corrected chi connectivity index (χ0v) is 16.0. The predicted octanol–water partition coefficient (Wildman–Crippen LogP) is 2.54. The number of likely N-dealkylation sites (N-methyl/N-ethyl adjacent to an activating group) is 1. The summed E-state index contributed by atoms with van der Waals surface area (Å²) in [5, 5.41) is 9.88. The van der Waals surface area contributed by atoms with Crippen molar-refractivity contribution in [2.75, 3.05) is 26.7 Å². The second kappa shape index (κ2) is 7.92. The third-order valence-electron chi connectivity index (χ3n) is 5.11. The average molecular weight is 394 g/mol. The fourth-order valence-electron chi connectivity index (χ4n) is 3.63. The van der Waals surface area contributed by atoms with E-state index < -0.39 is 21.8 Å². The van der Waals surface area contributed by atoms with E-state index in [0.717, 1.165) is 0 Å². The van der Waals surface area contributed by atoms with Gasteiger partial charge in [0.15, 0.2) is 5.82 Å². The van der Waals surface area contributed by atoms with Crippen LogP contribution in [0.2, 0.25) is 0 Å². The number of halogens is 1. The Morgan fingerprint density at radius 1 is 1.22 bits per heavy atom. The molecule has 1 aliphatic rings. The molecule has 2 aromatic rings. The minimum absolute atomic E-state index is 0.0113. The number of fused-ring (bicyclic) bond motifs is 1. The van der Waals surface area contributed by atoms with Crippen molar-refractivity contribution in [3.8, 4) is 0 Å². The van der Waals surface area contributed by atoms with Crippen molar-refractivity contribution in [3.05, 3.63) is 42.2 Å². The zero-order valence-electron chi connectivity index (χ0n) is 15.1. The van der Waals surface area contributed by atoms with E-state index in [1.807, 2.05) is 0 Å². The number of benzene rings is 2. The van der Waals surface area contributed by atoms with E-state index in [4.69, 9.17) is 5.11 Å². The zero-order chi connectivity index (χ0) is 19.6. The van der Waals surface area contributed by atoms with Gasteiger partial charge in [-0.2, -0.15) is 4.31 Å². The smallest absolute Gasteiger partial charge is 0.317 e. The first-order valence-electron chi connectivity index (χ1n) is 8.90. The summed E-state index contributed by atoms with van der Waals surface area (Å²) in [6.07, 6.45) is 1.82. The lowest BCUT2D eigenvalue weighted by Gasteiger charge is -2.25. The summed E-state index contributed by atoms with van der Waals surface area (Å²) in [7, 11) is -2.23. The largest absolute Gasteiger partial charge is 0.480 e. The van der Waals surface area contributed by atoms with E-state index in [1.54, 1.807) is 42.3 Å². The van der Waals surface area contributed by atoms with E-state index in [-0.39, 0.29) is 29.4 Å². The van der Waals surface area contributed by atoms with E-state index >= 15 is 0 Å². The molecule has 2 aromatic carbocycles. The molecule has 146 valence electrons. The molecular formula is C19H23FN2O4S. The van der Waals surface area contributed by atoms with Gasteiger partial charge in [-0.25, -0.2) is 12.8 Å². The molecule has 6 nitrogen and oxygen atoms in total. The first-order valence-corrected chi connectivity index (χ1v) is 10.3. The van der Waals surface area contributed by atoms with Gasteiger partial charge in [-0.3, -0.25) is 9.69 Å². The van der Waals surface area contributed by atoms with Gasteiger partial charge >= 0.3 is 5.97 Å². The molecule has 1 fully saturated rings. The lowest BCUT2D eigenvalue weighted by Crippen LogP contribution is -2.37. The van der Waals surface area contributed by atoms with Gasteiger partial charge in [-0.15, -0.1) is 0 Å². The molecule has 1 N–H and O–H groups in total. The number of aliphatic carboxylic acids is 1. The highest BCUT2D eigenvalue weighted by Gasteiger charge is 2.31. The molecule has 0 saturated carbocycles. The second-order valence-corrected chi connectivity index (χ2v) is 8.80. The first-order chi connectivity index (χ1) is 12.8. The summed E-state index contributed by atoms with van der Waals surface area (Å²) >= 11 is 0. The normalized spacial score (nSPS) is 19.3. The maximum atomic E-state index is 14.9. The van der Waals surface area contributed by atoms with Crippen LogP contribution in [0.3, 0.4) is 0 Å². The Hall–Kier alpha value is -2.03. The van der Waals surface area contributed by atoms with Crippen LogP contribution in [0.5, 0.6) is 0 Å². The van der Waals surface area contributed by atoms with Crippen LogP contribution in [-0.4, -0.2) is 61.4 Å². The topological polar surface area (TPSA) is 77.9 Å². The lowest BCUT2D eigenvalue weighted by atomic mass is 10.1. The van der Waals surface area contributed by atoms with Crippen molar-refractivity contribution >= 4 is 26.8 Å². The van der Waals surface area contributed by atoms with Crippen LogP contribution < -0.4 is 0 Å². The molecule has 27 heavy (non-hydrogen) atoms. The highest BCUT2D eigenvalue weighted by Crippen LogP contribution is 2.28. The highest BCUT2D eigenvalue weighted by atomic mass is 32.2. The van der Waals surface area contributed by atoms with Gasteiger partial charge in [-0.1, -0.05) is 30.3 Å². The van der Waals surface area contributed by atoms with Crippen molar-refractivity contribution in [3.63, 3.8) is 0 Å². The van der Waals surface area contributed by atoms with Crippen LogP contribution in [0.4, 0.5) is 4.39 Å². The summed E-state index contributed by atoms with van der Waals surface area (Å²) in [6.45, 7) is 0.450. The number of sulfonamides is 1. The van der Waals surface area contributed by atoms with Gasteiger partial charge in [0.1, 0.15) is 4.90 Å². The van der Waals surface area contributed by atoms with Crippen molar-refractivity contribution in [1.29, 1.82) is 0 Å². The number of carboxylic acid groups (broad SMARTS) is 1. The Morgan fingerprint density at radius 2 is 1.96 bits per heavy atom. The van der Waals surface area contributed by atoms with Gasteiger partial charge in [0.05, 0.1) is 6.54 Å². The quantitative estimate of drug-likeness (QED) is 0.843. The van der Waals surface area contributed by atoms with Gasteiger partial charge in [0, 0.05) is 24.5 Å². The highest BCUT2D eigenvalue weighted by molar-refractivity contribution is 7.89. The Labute approximate surface area is 158 Å². The number of nitrogens with zero attached hydrogens (tertiary/aromatic N) is 2. The van der Waals surface area contributed by atoms with Gasteiger partial charge < -0.3 is 5.11 Å². The van der Waals surface area contributed by atoms with E-state index in [2.05, 4.69) is 0 Å². The van der Waals surface area contributed by atoms with Crippen LogP contribution in [0, 0.1) is 5.82 Å². The Morgan fingerprint density at radius 3 is 2.70 bits per heavy atom. The van der Waals surface area contributed by atoms with Crippen LogP contribution >= 0.6 is 0 Å². The Balaban J connectivity index is 1.83. The standard InChI is InChI=1S/C19H23FN2O4S/c1-21(13-18(23)24)15-6-4-11-22(12-10-15)27(25,26)17-9-8-14-5-2-3-7-16(14)19(17)20/h2-3,5,7-9,15H,4,6,10-13H2,1H3,(H,23,24). The maximum Gasteiger partial charge on any atom is 0.317 e. The van der Waals surface area contributed by atoms with Gasteiger partial charge in [-0.05, 0) is 37.8 Å². The average Bonchev–Trinajstić information content (AvgIpc) is 2.88. The van der Waals surface area contributed by atoms with Crippen LogP contribution in [0.25, 0.3) is 10.8 Å². The molecule has 0 spiro atoms. The molecule has 1 unspecified atom stereocenters. The molecule has 1 heterocycles. The minimum Gasteiger partial charge on any atom is -0.480 e. The number of hydrogen-bond donors (Lipinski definition) is 1. The third-order valence-corrected chi connectivity index (χ3v) is 7.03. The summed E-state index contributed by atoms with van der Waals surface area (Å²) in [5.41, 5.74) is 0. The SMILES string of the molecule is CN(CC(=O)O)C1CCCN(S(=O)(=O)c2ccc3ccccc3c2F)CC1. The number of carboxylic acids is 1. The number of carbonyl (C=O) groups is 1. The van der Waals surface area contributed by atoms with Gasteiger partial charge in [0.2, 0.25) is 10.0 Å². The fourth-order valence-corrected chi connectivity index (χ4v) is 5.20. The molecule has 8 heteroatoms. The fraction of sp³-hybridized carbons (Fsp3) is 0.421. The summed E-state index contributed by atoms with van der Waals surface area (Å²) in [6, 6.07) is 9.70. The molecule has 1 saturated heterocycles. The summed E-state index contributed by atoms with van der Waals surface area (Å²) in [5.74, 6) is -1.64.